The minimum atomic E-state index is -0.423. The van der Waals surface area contributed by atoms with Gasteiger partial charge in [-0.25, -0.2) is 4.68 Å². The Morgan fingerprint density at radius 3 is 2.69 bits per heavy atom. The van der Waals surface area contributed by atoms with Crippen molar-refractivity contribution in [3.8, 4) is 5.69 Å². The summed E-state index contributed by atoms with van der Waals surface area (Å²) < 4.78 is 2.05. The molecule has 16 heavy (non-hydrogen) atoms. The summed E-state index contributed by atoms with van der Waals surface area (Å²) in [4.78, 5) is 10.4. The first-order valence-corrected chi connectivity index (χ1v) is 5.03. The fraction of sp³-hybridized carbons (Fsp3) is 0.100. The second-order valence-corrected chi connectivity index (χ2v) is 3.78. The third-order valence-corrected chi connectivity index (χ3v) is 2.47. The number of para-hydroxylation sites is 2. The molecule has 2 aromatic rings. The van der Waals surface area contributed by atoms with Crippen LogP contribution in [0.2, 0.25) is 0 Å². The van der Waals surface area contributed by atoms with Crippen LogP contribution in [-0.4, -0.2) is 14.7 Å². The Morgan fingerprint density at radius 1 is 1.44 bits per heavy atom. The Balaban J connectivity index is 2.69. The van der Waals surface area contributed by atoms with Crippen molar-refractivity contribution >= 4 is 17.9 Å². The fourth-order valence-electron chi connectivity index (χ4n) is 1.50. The molecule has 0 radical (unpaired) electrons. The van der Waals surface area contributed by atoms with Crippen LogP contribution in [0.3, 0.4) is 0 Å². The maximum Gasteiger partial charge on any atom is 0.294 e. The largest absolute Gasteiger partial charge is 0.297 e. The van der Waals surface area contributed by atoms with Crippen molar-refractivity contribution in [1.82, 2.24) is 9.78 Å². The highest BCUT2D eigenvalue weighted by Gasteiger charge is 2.14. The normalized spacial score (nSPS) is 10.3. The summed E-state index contributed by atoms with van der Waals surface area (Å²) in [6.07, 6.45) is 0. The molecule has 0 saturated heterocycles. The molecular weight excluding hydrogens is 226 g/mol. The van der Waals surface area contributed by atoms with Gasteiger partial charge < -0.3 is 0 Å². The van der Waals surface area contributed by atoms with Crippen molar-refractivity contribution in [2.45, 2.75) is 6.92 Å². The second kappa shape index (κ2) is 3.90. The lowest BCUT2D eigenvalue weighted by molar-refractivity contribution is -0.384. The number of nitro benzene ring substituents is 1. The predicted molar refractivity (Wildman–Crippen MR) is 62.3 cm³/mol. The van der Waals surface area contributed by atoms with Crippen molar-refractivity contribution in [2.75, 3.05) is 0 Å². The van der Waals surface area contributed by atoms with E-state index >= 15 is 0 Å². The molecule has 1 heterocycles. The average Bonchev–Trinajstić information content (AvgIpc) is 2.57. The van der Waals surface area contributed by atoms with E-state index < -0.39 is 4.92 Å². The number of rotatable bonds is 2. The Kier molecular flexibility index (Phi) is 2.57. The smallest absolute Gasteiger partial charge is 0.294 e. The van der Waals surface area contributed by atoms with Gasteiger partial charge in [-0.05, 0) is 19.1 Å². The van der Waals surface area contributed by atoms with E-state index in [1.165, 1.54) is 10.7 Å². The van der Waals surface area contributed by atoms with Gasteiger partial charge in [0, 0.05) is 11.8 Å². The number of aryl methyl sites for hydroxylation is 1. The van der Waals surface area contributed by atoms with Gasteiger partial charge in [-0.1, -0.05) is 24.4 Å². The molecule has 0 fully saturated rings. The van der Waals surface area contributed by atoms with Gasteiger partial charge in [-0.2, -0.15) is 0 Å². The van der Waals surface area contributed by atoms with Crippen molar-refractivity contribution in [3.05, 3.63) is 50.8 Å². The molecule has 0 saturated carbocycles. The molecule has 1 aromatic heterocycles. The van der Waals surface area contributed by atoms with Gasteiger partial charge in [0.05, 0.1) is 4.92 Å². The molecule has 1 aromatic carbocycles. The van der Waals surface area contributed by atoms with E-state index in [9.17, 15) is 10.1 Å². The van der Waals surface area contributed by atoms with Crippen LogP contribution in [0, 0.1) is 21.7 Å². The summed E-state index contributed by atoms with van der Waals surface area (Å²) in [5, 5.41) is 13.8. The third kappa shape index (κ3) is 1.74. The molecule has 0 bridgehead atoms. The van der Waals surface area contributed by atoms with E-state index in [0.717, 1.165) is 5.69 Å². The number of nitro groups is 1. The number of hydrogen-bond donors (Lipinski definition) is 1. The molecule has 2 rings (SSSR count). The number of aromatic nitrogens is 2. The molecule has 82 valence electrons. The van der Waals surface area contributed by atoms with Gasteiger partial charge >= 0.3 is 0 Å². The zero-order chi connectivity index (χ0) is 11.7. The summed E-state index contributed by atoms with van der Waals surface area (Å²) in [5.41, 5.74) is 1.34. The molecule has 0 aliphatic heterocycles. The Bertz CT molecular complexity index is 600. The lowest BCUT2D eigenvalue weighted by atomic mass is 10.3. The van der Waals surface area contributed by atoms with Crippen LogP contribution in [0.1, 0.15) is 5.69 Å². The summed E-state index contributed by atoms with van der Waals surface area (Å²) >= 11 is 5.11. The molecule has 0 unspecified atom stereocenters. The van der Waals surface area contributed by atoms with Crippen molar-refractivity contribution in [2.24, 2.45) is 0 Å². The van der Waals surface area contributed by atoms with Gasteiger partial charge in [-0.15, -0.1) is 0 Å². The van der Waals surface area contributed by atoms with Crippen molar-refractivity contribution in [1.29, 1.82) is 0 Å². The Hall–Kier alpha value is -1.95. The fourth-order valence-corrected chi connectivity index (χ4v) is 1.82. The number of nitrogens with one attached hydrogen (secondary N) is 1. The van der Waals surface area contributed by atoms with E-state index in [4.69, 9.17) is 12.2 Å². The van der Waals surface area contributed by atoms with Crippen LogP contribution in [0.25, 0.3) is 5.69 Å². The first-order valence-electron chi connectivity index (χ1n) is 4.62. The number of hydrogen-bond acceptors (Lipinski definition) is 3. The van der Waals surface area contributed by atoms with Crippen LogP contribution in [0.5, 0.6) is 0 Å². The monoisotopic (exact) mass is 235 g/mol. The van der Waals surface area contributed by atoms with Gasteiger partial charge in [-0.3, -0.25) is 15.2 Å². The molecule has 0 atom stereocenters. The summed E-state index contributed by atoms with van der Waals surface area (Å²) in [7, 11) is 0. The second-order valence-electron chi connectivity index (χ2n) is 3.36. The molecule has 0 aliphatic rings. The van der Waals surface area contributed by atoms with E-state index in [-0.39, 0.29) is 5.69 Å². The Morgan fingerprint density at radius 2 is 2.12 bits per heavy atom. The number of H-pyrrole nitrogens is 1. The zero-order valence-corrected chi connectivity index (χ0v) is 9.32. The number of nitrogens with zero attached hydrogens (tertiary/aromatic N) is 2. The first-order chi connectivity index (χ1) is 7.59. The minimum absolute atomic E-state index is 0.0282. The highest BCUT2D eigenvalue weighted by atomic mass is 32.1. The highest BCUT2D eigenvalue weighted by Crippen LogP contribution is 2.22. The molecule has 0 amide bonds. The maximum atomic E-state index is 10.9. The first kappa shape index (κ1) is 10.6. The van der Waals surface area contributed by atoms with Crippen LogP contribution >= 0.6 is 12.2 Å². The number of benzene rings is 1. The molecular formula is C10H9N3O2S. The zero-order valence-electron chi connectivity index (χ0n) is 8.51. The molecule has 5 nitrogen and oxygen atoms in total. The van der Waals surface area contributed by atoms with Gasteiger partial charge in [0.2, 0.25) is 0 Å². The predicted octanol–water partition coefficient (Wildman–Crippen LogP) is 2.75. The number of aromatic amines is 1. The van der Waals surface area contributed by atoms with Crippen LogP contribution in [0.4, 0.5) is 5.69 Å². The summed E-state index contributed by atoms with van der Waals surface area (Å²) in [6.45, 7) is 1.85. The van der Waals surface area contributed by atoms with Crippen molar-refractivity contribution in [3.63, 3.8) is 0 Å². The van der Waals surface area contributed by atoms with Gasteiger partial charge in [0.25, 0.3) is 5.69 Å². The molecule has 6 heteroatoms. The lowest BCUT2D eigenvalue weighted by Crippen LogP contribution is -2.01. The van der Waals surface area contributed by atoms with Crippen LogP contribution in [0.15, 0.2) is 30.3 Å². The Labute approximate surface area is 96.5 Å². The van der Waals surface area contributed by atoms with Gasteiger partial charge in [0.1, 0.15) is 10.3 Å². The average molecular weight is 235 g/mol. The molecule has 0 spiro atoms. The van der Waals surface area contributed by atoms with E-state index in [1.54, 1.807) is 24.3 Å². The summed E-state index contributed by atoms with van der Waals surface area (Å²) in [5.74, 6) is 0. The lowest BCUT2D eigenvalue weighted by Gasteiger charge is -2.03. The third-order valence-electron chi connectivity index (χ3n) is 2.17. The van der Waals surface area contributed by atoms with Gasteiger partial charge in [0.15, 0.2) is 0 Å². The van der Waals surface area contributed by atoms with E-state index in [0.29, 0.717) is 10.3 Å². The molecule has 1 N–H and O–H groups in total. The van der Waals surface area contributed by atoms with E-state index in [2.05, 4.69) is 5.10 Å². The standard InChI is InChI=1S/C10H9N3O2S/c1-7-6-10(16)12(11-7)8-4-2-3-5-9(8)13(14)15/h2-6,11H,1H3. The quantitative estimate of drug-likeness (QED) is 0.494. The molecule has 0 aliphatic carbocycles. The maximum absolute atomic E-state index is 10.9. The highest BCUT2D eigenvalue weighted by molar-refractivity contribution is 7.71. The van der Waals surface area contributed by atoms with Crippen LogP contribution < -0.4 is 0 Å². The minimum Gasteiger partial charge on any atom is -0.297 e. The summed E-state index contributed by atoms with van der Waals surface area (Å²) in [6, 6.07) is 8.23. The van der Waals surface area contributed by atoms with Crippen molar-refractivity contribution < 1.29 is 4.92 Å². The van der Waals surface area contributed by atoms with Crippen LogP contribution in [-0.2, 0) is 0 Å². The van der Waals surface area contributed by atoms with E-state index in [1.807, 2.05) is 6.92 Å². The SMILES string of the molecule is Cc1cc(=S)n(-c2ccccc2[N+](=O)[O-])[nH]1. The topological polar surface area (TPSA) is 63.9 Å².